The number of carbonyl (C=O) groups excluding carboxylic acids is 4. The molecule has 2 aromatic heterocycles. The monoisotopic (exact) mass is 1270 g/mol. The molecule has 4 heterocycles. The zero-order valence-electron chi connectivity index (χ0n) is 46.0. The van der Waals surface area contributed by atoms with Gasteiger partial charge in [-0.2, -0.15) is 23.2 Å². The van der Waals surface area contributed by atoms with Crippen molar-refractivity contribution in [3.63, 3.8) is 0 Å². The molecule has 4 amide bonds. The molecule has 1 unspecified atom stereocenters. The van der Waals surface area contributed by atoms with E-state index >= 15 is 0 Å². The first-order valence-electron chi connectivity index (χ1n) is 26.2. The van der Waals surface area contributed by atoms with Gasteiger partial charge >= 0.3 is 31.1 Å². The van der Waals surface area contributed by atoms with Crippen LogP contribution >= 0.6 is 23.5 Å². The van der Waals surface area contributed by atoms with Crippen molar-refractivity contribution in [1.82, 2.24) is 29.5 Å². The van der Waals surface area contributed by atoms with Crippen LogP contribution in [0.25, 0.3) is 40.2 Å². The van der Waals surface area contributed by atoms with Crippen LogP contribution in [0.5, 0.6) is 17.2 Å². The number of rotatable bonds is 17. The normalized spacial score (nSPS) is 15.6. The highest BCUT2D eigenvalue weighted by atomic mass is 32.2. The van der Waals surface area contributed by atoms with Gasteiger partial charge in [-0.3, -0.25) is 19.4 Å². The van der Waals surface area contributed by atoms with E-state index in [1.54, 1.807) is 73.7 Å². The summed E-state index contributed by atoms with van der Waals surface area (Å²) in [5.41, 5.74) is 4.22. The van der Waals surface area contributed by atoms with Gasteiger partial charge in [0.25, 0.3) is 5.91 Å². The van der Waals surface area contributed by atoms with E-state index in [1.807, 2.05) is 0 Å². The third kappa shape index (κ3) is 15.8. The highest BCUT2D eigenvalue weighted by Crippen LogP contribution is 2.45. The first-order valence-corrected chi connectivity index (χ1v) is 28.1. The summed E-state index contributed by atoms with van der Waals surface area (Å²) in [6.07, 6.45) is -12.8. The number of hydrogen-bond donors (Lipinski definition) is 0. The molecule has 19 nitrogen and oxygen atoms in total. The Morgan fingerprint density at radius 3 is 1.61 bits per heavy atom. The van der Waals surface area contributed by atoms with Crippen LogP contribution < -0.4 is 24.0 Å². The fraction of sp³-hybridized carbons (Fsp3) is 0.186. The predicted molar refractivity (Wildman–Crippen MR) is 309 cm³/mol. The lowest BCUT2D eigenvalue weighted by Crippen LogP contribution is -2.32. The maximum absolute atomic E-state index is 14.7. The average molecular weight is 1270 g/mol. The smallest absolute Gasteiger partial charge is 0.497 e. The minimum Gasteiger partial charge on any atom is -0.497 e. The van der Waals surface area contributed by atoms with Gasteiger partial charge in [-0.25, -0.2) is 28.9 Å². The fourth-order valence-electron chi connectivity index (χ4n) is 8.87. The zero-order valence-corrected chi connectivity index (χ0v) is 47.6. The second-order valence-corrected chi connectivity index (χ2v) is 21.1. The first kappa shape index (κ1) is 62.1. The van der Waals surface area contributed by atoms with Crippen LogP contribution in [0, 0.1) is 6.92 Å². The van der Waals surface area contributed by atoms with Crippen LogP contribution in [0.1, 0.15) is 33.1 Å². The van der Waals surface area contributed by atoms with E-state index in [9.17, 15) is 58.7 Å². The Labute approximate surface area is 506 Å². The molecule has 89 heavy (non-hydrogen) atoms. The highest BCUT2D eigenvalue weighted by Gasteiger charge is 2.43. The highest BCUT2D eigenvalue weighted by molar-refractivity contribution is 8.16. The van der Waals surface area contributed by atoms with E-state index < -0.39 is 59.7 Å². The summed E-state index contributed by atoms with van der Waals surface area (Å²) >= 11 is 1.66. The molecule has 0 saturated carbocycles. The number of aliphatic imine (C=N–C) groups is 2. The number of halogens is 9. The van der Waals surface area contributed by atoms with Gasteiger partial charge in [-0.1, -0.05) is 84.2 Å². The van der Waals surface area contributed by atoms with Crippen LogP contribution in [-0.2, 0) is 31.9 Å². The lowest BCUT2D eigenvalue weighted by molar-refractivity contribution is -0.275. The Balaban J connectivity index is 0.814. The van der Waals surface area contributed by atoms with Crippen LogP contribution in [0.4, 0.5) is 60.5 Å². The van der Waals surface area contributed by atoms with Gasteiger partial charge in [0.15, 0.2) is 22.0 Å². The number of benzene rings is 6. The molecule has 10 rings (SSSR count). The van der Waals surface area contributed by atoms with Gasteiger partial charge in [-0.15, -0.1) is 36.5 Å². The summed E-state index contributed by atoms with van der Waals surface area (Å²) in [4.78, 5) is 74.1. The average Bonchev–Trinajstić information content (AvgIpc) is 1.98. The van der Waals surface area contributed by atoms with Gasteiger partial charge in [0.05, 0.1) is 48.8 Å². The molecule has 2 aliphatic rings. The third-order valence-corrected chi connectivity index (χ3v) is 15.1. The van der Waals surface area contributed by atoms with Crippen molar-refractivity contribution < 1.29 is 82.4 Å². The number of amidine groups is 2. The van der Waals surface area contributed by atoms with Crippen LogP contribution in [0.3, 0.4) is 0 Å². The van der Waals surface area contributed by atoms with Crippen LogP contribution in [0.15, 0.2) is 162 Å². The summed E-state index contributed by atoms with van der Waals surface area (Å²) in [5.74, 6) is -1.27. The number of aromatic nitrogens is 6. The second kappa shape index (κ2) is 26.2. The lowest BCUT2D eigenvalue weighted by atomic mass is 10.0. The molecular formula is C59H43F9N10O9S2. The summed E-state index contributed by atoms with van der Waals surface area (Å²) in [7, 11) is 1.45. The topological polar surface area (TPSA) is 207 Å². The Kier molecular flexibility index (Phi) is 18.3. The second-order valence-electron chi connectivity index (χ2n) is 19.1. The Morgan fingerprint density at radius 1 is 0.618 bits per heavy atom. The number of ether oxygens (including phenoxy) is 5. The van der Waals surface area contributed by atoms with Gasteiger partial charge in [0.1, 0.15) is 35.2 Å². The number of amides is 4. The number of thioether (sulfide) groups is 2. The number of carbonyl (C=O) groups is 4. The van der Waals surface area contributed by atoms with E-state index in [1.165, 1.54) is 76.5 Å². The molecular weight excluding hydrogens is 1230 g/mol. The van der Waals surface area contributed by atoms with Crippen LogP contribution in [0.2, 0.25) is 0 Å². The number of methoxy groups -OCH3 is 1. The van der Waals surface area contributed by atoms with Crippen molar-refractivity contribution in [2.24, 2.45) is 9.98 Å². The van der Waals surface area contributed by atoms with Gasteiger partial charge in [-0.05, 0) is 114 Å². The molecule has 0 N–H and O–H groups in total. The van der Waals surface area contributed by atoms with Crippen molar-refractivity contribution in [1.29, 1.82) is 0 Å². The fourth-order valence-corrected chi connectivity index (χ4v) is 10.8. The SMILES string of the molecule is COc1ccc(N2C(=O)C(c3ccc(/C=C/C(F)(F)F)c(N4C(=O)CS/C4=N\C(=O)OCCc4ccc(-c5ncn(-c6ccc(OC(F)(F)F)cc6)n5)cc4)c3)S/C2=N\C(=O)OCCc2ccc(-c3ncn(-c4ccc(OC(F)(F)F)cc4)n3)cc2)c(C)c1. The number of nitrogens with zero attached hydrogens (tertiary/aromatic N) is 10. The number of allylic oxidation sites excluding steroid dienone is 1. The maximum Gasteiger partial charge on any atom is 0.573 e. The number of hydrogen-bond acceptors (Lipinski definition) is 15. The van der Waals surface area contributed by atoms with E-state index in [2.05, 4.69) is 39.6 Å². The standard InChI is InChI=1S/C59H43F9N10O9S2/c1-34-29-45(83-2)21-22-46(34)78-52(80)49(89-54(78)72-56(82)85-28-25-36-5-9-39(10-6-36)51-70-33-76(74-51)42-15-19-44(20-16-42)87-59(66,67)68)40-12-11-37(23-26-57(60,61)62)47(30-40)77-48(79)31-88-53(77)71-55(81)84-27-24-35-3-7-38(8-4-35)50-69-32-75(73-50)41-13-17-43(18-14-41)86-58(63,64)65/h3-23,26,29-30,32-33,49H,24-25,27-28,31H2,1-2H3/b26-23+,71-53-,72-54-. The molecule has 2 fully saturated rings. The number of anilines is 2. The van der Waals surface area contributed by atoms with E-state index in [0.717, 1.165) is 64.3 Å². The molecule has 8 aromatic rings. The van der Waals surface area contributed by atoms with Crippen molar-refractivity contribution in [2.75, 3.05) is 35.9 Å². The molecule has 1 atom stereocenters. The van der Waals surface area contributed by atoms with Crippen molar-refractivity contribution in [3.05, 3.63) is 180 Å². The number of alkyl halides is 9. The molecule has 2 aliphatic heterocycles. The summed E-state index contributed by atoms with van der Waals surface area (Å²) < 4.78 is 144. The maximum atomic E-state index is 14.7. The molecule has 0 bridgehead atoms. The number of aryl methyl sites for hydroxylation is 1. The molecule has 6 aromatic carbocycles. The zero-order chi connectivity index (χ0) is 63.2. The van der Waals surface area contributed by atoms with Crippen molar-refractivity contribution in [2.45, 2.75) is 43.9 Å². The van der Waals surface area contributed by atoms with Crippen molar-refractivity contribution >= 4 is 75.3 Å². The molecule has 0 radical (unpaired) electrons. The Hall–Kier alpha value is -9.97. The predicted octanol–water partition coefficient (Wildman–Crippen LogP) is 13.2. The Bertz CT molecular complexity index is 4030. The van der Waals surface area contributed by atoms with Gasteiger partial charge in [0.2, 0.25) is 5.91 Å². The quantitative estimate of drug-likeness (QED) is 0.0777. The first-order chi connectivity index (χ1) is 42.4. The summed E-state index contributed by atoms with van der Waals surface area (Å²) in [6, 6.07) is 32.7. The summed E-state index contributed by atoms with van der Waals surface area (Å²) in [5, 5.41) is 7.25. The molecule has 0 aliphatic carbocycles. The molecule has 2 saturated heterocycles. The Morgan fingerprint density at radius 2 is 1.12 bits per heavy atom. The van der Waals surface area contributed by atoms with E-state index in [4.69, 9.17) is 14.2 Å². The van der Waals surface area contributed by atoms with E-state index in [0.29, 0.717) is 56.7 Å². The minimum absolute atomic E-state index is 0.0393. The third-order valence-electron chi connectivity index (χ3n) is 13.0. The summed E-state index contributed by atoms with van der Waals surface area (Å²) in [6.45, 7) is 1.35. The van der Waals surface area contributed by atoms with Crippen LogP contribution in [-0.4, -0.2) is 109 Å². The van der Waals surface area contributed by atoms with Crippen molar-refractivity contribution in [3.8, 4) is 51.4 Å². The van der Waals surface area contributed by atoms with E-state index in [-0.39, 0.29) is 65.0 Å². The molecule has 30 heteroatoms. The molecule has 0 spiro atoms. The minimum atomic E-state index is -4.84. The largest absolute Gasteiger partial charge is 0.573 e. The molecule has 458 valence electrons. The lowest BCUT2D eigenvalue weighted by Gasteiger charge is -2.21. The van der Waals surface area contributed by atoms with Gasteiger partial charge in [0, 0.05) is 30.0 Å². The van der Waals surface area contributed by atoms with Gasteiger partial charge < -0.3 is 23.7 Å².